The summed E-state index contributed by atoms with van der Waals surface area (Å²) in [6.07, 6.45) is 5.01. The van der Waals surface area contributed by atoms with E-state index in [1.165, 1.54) is 0 Å². The van der Waals surface area contributed by atoms with Crippen molar-refractivity contribution in [2.45, 2.75) is 0 Å². The normalized spacial score (nSPS) is 13.4. The van der Waals surface area contributed by atoms with Crippen molar-refractivity contribution >= 4 is 22.8 Å². The van der Waals surface area contributed by atoms with E-state index in [1.54, 1.807) is 35.6 Å². The molecule has 5 rings (SSSR count). The van der Waals surface area contributed by atoms with E-state index < -0.39 is 0 Å². The lowest BCUT2D eigenvalue weighted by Gasteiger charge is -2.26. The number of H-pyrrole nitrogens is 1. The highest BCUT2D eigenvalue weighted by atomic mass is 16.5. The highest BCUT2D eigenvalue weighted by Gasteiger charge is 2.16. The average Bonchev–Trinajstić information content (AvgIpc) is 3.35. The van der Waals surface area contributed by atoms with Crippen molar-refractivity contribution in [3.8, 4) is 23.4 Å². The number of aromatic nitrogens is 6. The molecule has 1 aliphatic heterocycles. The Kier molecular flexibility index (Phi) is 5.86. The molecular weight excluding hydrogens is 420 g/mol. The molecule has 0 bridgehead atoms. The number of ether oxygens (including phenoxy) is 1. The second-order valence-corrected chi connectivity index (χ2v) is 7.30. The maximum absolute atomic E-state index is 12.3. The summed E-state index contributed by atoms with van der Waals surface area (Å²) in [4.78, 5) is 31.5. The zero-order valence-corrected chi connectivity index (χ0v) is 17.7. The van der Waals surface area contributed by atoms with E-state index >= 15 is 0 Å². The van der Waals surface area contributed by atoms with Gasteiger partial charge in [0.15, 0.2) is 5.82 Å². The molecule has 3 aromatic heterocycles. The first kappa shape index (κ1) is 20.5. The largest absolute Gasteiger partial charge is 0.378 e. The molecule has 0 saturated carbocycles. The van der Waals surface area contributed by atoms with Gasteiger partial charge in [-0.3, -0.25) is 9.89 Å². The minimum Gasteiger partial charge on any atom is -0.378 e. The molecule has 10 heteroatoms. The number of rotatable bonds is 4. The molecule has 1 fully saturated rings. The van der Waals surface area contributed by atoms with Gasteiger partial charge in [-0.2, -0.15) is 5.10 Å². The number of hydrogen-bond acceptors (Lipinski definition) is 8. The van der Waals surface area contributed by atoms with Crippen molar-refractivity contribution in [2.75, 3.05) is 38.2 Å². The summed E-state index contributed by atoms with van der Waals surface area (Å²) in [6, 6.07) is 9.30. The third-order valence-electron chi connectivity index (χ3n) is 5.08. The van der Waals surface area contributed by atoms with Crippen LogP contribution in [0, 0.1) is 11.8 Å². The Morgan fingerprint density at radius 1 is 1.09 bits per heavy atom. The predicted octanol–water partition coefficient (Wildman–Crippen LogP) is 1.48. The molecule has 33 heavy (non-hydrogen) atoms. The summed E-state index contributed by atoms with van der Waals surface area (Å²) in [7, 11) is 0. The SMILES string of the molecule is O=C(CNc1nccc(-c2nccc(C#Cc3ccc4[nH]ncc4c3)n2)n1)N1CCOCC1. The van der Waals surface area contributed by atoms with Gasteiger partial charge in [-0.1, -0.05) is 5.92 Å². The summed E-state index contributed by atoms with van der Waals surface area (Å²) in [5, 5.41) is 10.9. The van der Waals surface area contributed by atoms with Crippen molar-refractivity contribution in [3.63, 3.8) is 0 Å². The molecular formula is C23H20N8O2. The van der Waals surface area contributed by atoms with Crippen LogP contribution in [-0.2, 0) is 9.53 Å². The first-order chi connectivity index (χ1) is 16.2. The Hall–Kier alpha value is -4.36. The van der Waals surface area contributed by atoms with Gasteiger partial charge < -0.3 is 15.0 Å². The fourth-order valence-electron chi connectivity index (χ4n) is 3.36. The Balaban J connectivity index is 1.29. The van der Waals surface area contributed by atoms with E-state index in [0.29, 0.717) is 49.5 Å². The molecule has 1 aromatic carbocycles. The molecule has 1 saturated heterocycles. The van der Waals surface area contributed by atoms with Gasteiger partial charge in [-0.15, -0.1) is 0 Å². The quantitative estimate of drug-likeness (QED) is 0.458. The van der Waals surface area contributed by atoms with E-state index in [-0.39, 0.29) is 12.5 Å². The molecule has 0 radical (unpaired) electrons. The highest BCUT2D eigenvalue weighted by molar-refractivity contribution is 5.80. The average molecular weight is 440 g/mol. The van der Waals surface area contributed by atoms with Gasteiger partial charge in [0.2, 0.25) is 11.9 Å². The number of carbonyl (C=O) groups is 1. The van der Waals surface area contributed by atoms with E-state index in [4.69, 9.17) is 4.74 Å². The Morgan fingerprint density at radius 3 is 2.88 bits per heavy atom. The standard InChI is InChI=1S/C23H20N8O2/c32-21(31-9-11-33-12-10-31)15-26-23-25-8-6-20(29-23)22-24-7-5-18(28-22)3-1-16-2-4-19-17(13-16)14-27-30-19/h2,4-8,13-14H,9-12,15H2,(H,27,30)(H,25,26,29). The monoisotopic (exact) mass is 440 g/mol. The number of fused-ring (bicyclic) bond motifs is 1. The van der Waals surface area contributed by atoms with E-state index in [1.807, 2.05) is 18.2 Å². The maximum Gasteiger partial charge on any atom is 0.242 e. The molecule has 4 heterocycles. The Bertz CT molecular complexity index is 1350. The van der Waals surface area contributed by atoms with Gasteiger partial charge in [0, 0.05) is 36.4 Å². The molecule has 4 aromatic rings. The van der Waals surface area contributed by atoms with Gasteiger partial charge in [0.25, 0.3) is 0 Å². The van der Waals surface area contributed by atoms with Crippen LogP contribution in [-0.4, -0.2) is 73.8 Å². The Morgan fingerprint density at radius 2 is 1.97 bits per heavy atom. The molecule has 1 aliphatic rings. The highest BCUT2D eigenvalue weighted by Crippen LogP contribution is 2.14. The smallest absolute Gasteiger partial charge is 0.242 e. The van der Waals surface area contributed by atoms with Crippen LogP contribution in [0.4, 0.5) is 5.95 Å². The number of hydrogen-bond donors (Lipinski definition) is 2. The number of nitrogens with zero attached hydrogens (tertiary/aromatic N) is 6. The summed E-state index contributed by atoms with van der Waals surface area (Å²) < 4.78 is 5.28. The predicted molar refractivity (Wildman–Crippen MR) is 121 cm³/mol. The fourth-order valence-corrected chi connectivity index (χ4v) is 3.36. The van der Waals surface area contributed by atoms with Crippen LogP contribution in [0.5, 0.6) is 0 Å². The van der Waals surface area contributed by atoms with Crippen molar-refractivity contribution < 1.29 is 9.53 Å². The van der Waals surface area contributed by atoms with Gasteiger partial charge in [0.1, 0.15) is 11.4 Å². The molecule has 0 unspecified atom stereocenters. The van der Waals surface area contributed by atoms with E-state index in [9.17, 15) is 4.79 Å². The first-order valence-corrected chi connectivity index (χ1v) is 10.5. The molecule has 1 amide bonds. The van der Waals surface area contributed by atoms with Crippen LogP contribution in [0.1, 0.15) is 11.3 Å². The molecule has 2 N–H and O–H groups in total. The van der Waals surface area contributed by atoms with Crippen LogP contribution in [0.3, 0.4) is 0 Å². The topological polar surface area (TPSA) is 122 Å². The number of benzene rings is 1. The van der Waals surface area contributed by atoms with Gasteiger partial charge in [-0.05, 0) is 36.3 Å². The summed E-state index contributed by atoms with van der Waals surface area (Å²) in [6.45, 7) is 2.42. The lowest BCUT2D eigenvalue weighted by atomic mass is 10.1. The van der Waals surface area contributed by atoms with E-state index in [2.05, 4.69) is 47.3 Å². The Labute approximate surface area is 189 Å². The first-order valence-electron chi connectivity index (χ1n) is 10.5. The van der Waals surface area contributed by atoms with Gasteiger partial charge in [0.05, 0.1) is 31.5 Å². The third-order valence-corrected chi connectivity index (χ3v) is 5.08. The molecule has 10 nitrogen and oxygen atoms in total. The van der Waals surface area contributed by atoms with Crippen LogP contribution < -0.4 is 5.32 Å². The molecule has 164 valence electrons. The third kappa shape index (κ3) is 4.94. The zero-order chi connectivity index (χ0) is 22.5. The van der Waals surface area contributed by atoms with Crippen LogP contribution in [0.25, 0.3) is 22.4 Å². The summed E-state index contributed by atoms with van der Waals surface area (Å²) in [5.74, 6) is 6.93. The van der Waals surface area contributed by atoms with Crippen molar-refractivity contribution in [1.29, 1.82) is 0 Å². The lowest BCUT2D eigenvalue weighted by Crippen LogP contribution is -2.43. The lowest BCUT2D eigenvalue weighted by molar-refractivity contribution is -0.133. The number of anilines is 1. The number of nitrogens with one attached hydrogen (secondary N) is 2. The van der Waals surface area contributed by atoms with Crippen molar-refractivity contribution in [2.24, 2.45) is 0 Å². The number of morpholine rings is 1. The number of carbonyl (C=O) groups excluding carboxylic acids is 1. The minimum absolute atomic E-state index is 0.0190. The maximum atomic E-state index is 12.3. The summed E-state index contributed by atoms with van der Waals surface area (Å²) >= 11 is 0. The van der Waals surface area contributed by atoms with Gasteiger partial charge in [-0.25, -0.2) is 19.9 Å². The molecule has 0 atom stereocenters. The van der Waals surface area contributed by atoms with Crippen LogP contribution >= 0.6 is 0 Å². The zero-order valence-electron chi connectivity index (χ0n) is 17.7. The summed E-state index contributed by atoms with van der Waals surface area (Å²) in [5.41, 5.74) is 2.94. The number of amides is 1. The van der Waals surface area contributed by atoms with Crippen LogP contribution in [0.15, 0.2) is 48.9 Å². The second kappa shape index (κ2) is 9.42. The fraction of sp³-hybridized carbons (Fsp3) is 0.217. The number of aromatic amines is 1. The van der Waals surface area contributed by atoms with Crippen molar-refractivity contribution in [1.82, 2.24) is 35.0 Å². The van der Waals surface area contributed by atoms with Gasteiger partial charge >= 0.3 is 0 Å². The minimum atomic E-state index is -0.0190. The molecule has 0 spiro atoms. The molecule has 0 aliphatic carbocycles. The second-order valence-electron chi connectivity index (χ2n) is 7.30. The van der Waals surface area contributed by atoms with Crippen LogP contribution in [0.2, 0.25) is 0 Å². The van der Waals surface area contributed by atoms with E-state index in [0.717, 1.165) is 16.5 Å². The van der Waals surface area contributed by atoms with Crippen molar-refractivity contribution in [3.05, 3.63) is 60.2 Å².